The molecule has 5 rings (SSSR count). The van der Waals surface area contributed by atoms with Crippen LogP contribution in [0.2, 0.25) is 0 Å². The molecule has 2 bridgehead atoms. The summed E-state index contributed by atoms with van der Waals surface area (Å²) in [6.45, 7) is 2.79. The van der Waals surface area contributed by atoms with Crippen molar-refractivity contribution in [2.24, 2.45) is 35.0 Å². The van der Waals surface area contributed by atoms with Crippen LogP contribution in [0.1, 0.15) is 39.0 Å². The third-order valence-electron chi connectivity index (χ3n) is 8.10. The number of carboxylic acid groups (broad SMARTS) is 1. The zero-order valence-corrected chi connectivity index (χ0v) is 14.9. The lowest BCUT2D eigenvalue weighted by Crippen LogP contribution is -2.57. The first kappa shape index (κ1) is 16.4. The van der Waals surface area contributed by atoms with Gasteiger partial charge in [0.25, 0.3) is 0 Å². The van der Waals surface area contributed by atoms with Crippen LogP contribution in [-0.2, 0) is 19.1 Å². The van der Waals surface area contributed by atoms with Crippen molar-refractivity contribution < 1.29 is 24.2 Å². The van der Waals surface area contributed by atoms with Gasteiger partial charge in [0.1, 0.15) is 0 Å². The molecule has 1 aliphatic heterocycles. The maximum absolute atomic E-state index is 12.7. The molecule has 4 aliphatic carbocycles. The Hall–Kier alpha value is -1.75. The van der Waals surface area contributed by atoms with Gasteiger partial charge in [0.2, 0.25) is 0 Å². The molecule has 1 spiro atoms. The van der Waals surface area contributed by atoms with Crippen LogP contribution in [0.3, 0.4) is 0 Å². The van der Waals surface area contributed by atoms with E-state index in [9.17, 15) is 19.5 Å². The second kappa shape index (κ2) is 5.38. The number of aliphatic carboxylic acids is 1. The lowest BCUT2D eigenvalue weighted by atomic mass is 9.48. The van der Waals surface area contributed by atoms with E-state index in [1.54, 1.807) is 0 Å². The van der Waals surface area contributed by atoms with Crippen molar-refractivity contribution in [1.82, 2.24) is 0 Å². The summed E-state index contributed by atoms with van der Waals surface area (Å²) < 4.78 is 6.34. The van der Waals surface area contributed by atoms with Crippen LogP contribution in [0.5, 0.6) is 0 Å². The summed E-state index contributed by atoms with van der Waals surface area (Å²) in [5, 5.41) is 9.88. The average molecular weight is 356 g/mol. The quantitative estimate of drug-likeness (QED) is 0.730. The molecule has 7 unspecified atom stereocenters. The van der Waals surface area contributed by atoms with Gasteiger partial charge in [-0.15, -0.1) is 0 Å². The topological polar surface area (TPSA) is 80.7 Å². The maximum atomic E-state index is 12.7. The Kier molecular flexibility index (Phi) is 3.40. The highest BCUT2D eigenvalue weighted by molar-refractivity contribution is 6.21. The van der Waals surface area contributed by atoms with Crippen LogP contribution in [-0.4, -0.2) is 35.4 Å². The van der Waals surface area contributed by atoms with Crippen LogP contribution in [0.4, 0.5) is 0 Å². The van der Waals surface area contributed by atoms with Crippen molar-refractivity contribution in [3.8, 4) is 0 Å². The fraction of sp³-hybridized carbons (Fsp3) is 0.667. The first-order valence-electron chi connectivity index (χ1n) is 9.79. The van der Waals surface area contributed by atoms with Gasteiger partial charge in [-0.25, -0.2) is 0 Å². The van der Waals surface area contributed by atoms with E-state index >= 15 is 0 Å². The molecule has 5 nitrogen and oxygen atoms in total. The Morgan fingerprint density at radius 3 is 2.69 bits per heavy atom. The molecule has 1 N–H and O–H groups in total. The first-order chi connectivity index (χ1) is 12.4. The summed E-state index contributed by atoms with van der Waals surface area (Å²) in [7, 11) is 0. The summed E-state index contributed by atoms with van der Waals surface area (Å²) in [5.74, 6) is -0.258. The van der Waals surface area contributed by atoms with Gasteiger partial charge in [-0.3, -0.25) is 14.4 Å². The van der Waals surface area contributed by atoms with E-state index in [1.165, 1.54) is 12.2 Å². The molecule has 0 amide bonds. The molecule has 26 heavy (non-hydrogen) atoms. The molecule has 0 aromatic carbocycles. The number of carbonyl (C=O) groups excluding carboxylic acids is 2. The highest BCUT2D eigenvalue weighted by atomic mass is 16.5. The largest absolute Gasteiger partial charge is 0.481 e. The van der Waals surface area contributed by atoms with Gasteiger partial charge in [-0.2, -0.15) is 0 Å². The number of carbonyl (C=O) groups is 3. The third kappa shape index (κ3) is 1.87. The maximum Gasteiger partial charge on any atom is 0.306 e. The summed E-state index contributed by atoms with van der Waals surface area (Å²) in [4.78, 5) is 37.3. The van der Waals surface area contributed by atoms with Gasteiger partial charge >= 0.3 is 5.97 Å². The average Bonchev–Trinajstić information content (AvgIpc) is 2.94. The summed E-state index contributed by atoms with van der Waals surface area (Å²) >= 11 is 0. The Bertz CT molecular complexity index is 777. The molecular formula is C21H24O5. The predicted octanol–water partition coefficient (Wildman–Crippen LogP) is 2.55. The zero-order valence-electron chi connectivity index (χ0n) is 14.9. The molecule has 5 aliphatic rings. The molecule has 5 heteroatoms. The first-order valence-corrected chi connectivity index (χ1v) is 9.79. The molecule has 7 atom stereocenters. The minimum absolute atomic E-state index is 0.110. The van der Waals surface area contributed by atoms with Crippen LogP contribution in [0.15, 0.2) is 23.3 Å². The van der Waals surface area contributed by atoms with Crippen LogP contribution in [0, 0.1) is 35.0 Å². The minimum atomic E-state index is -0.767. The van der Waals surface area contributed by atoms with Gasteiger partial charge in [0, 0.05) is 16.6 Å². The zero-order chi connectivity index (χ0) is 18.2. The van der Waals surface area contributed by atoms with Crippen molar-refractivity contribution >= 4 is 17.5 Å². The predicted molar refractivity (Wildman–Crippen MR) is 92.2 cm³/mol. The molecular weight excluding hydrogens is 332 g/mol. The number of carboxylic acids is 1. The van der Waals surface area contributed by atoms with Gasteiger partial charge in [-0.05, 0) is 67.9 Å². The Labute approximate surface area is 152 Å². The van der Waals surface area contributed by atoms with E-state index in [-0.39, 0.29) is 22.9 Å². The second-order valence-electron chi connectivity index (χ2n) is 8.90. The molecule has 138 valence electrons. The number of ether oxygens (including phenoxy) is 1. The molecule has 1 heterocycles. The molecule has 2 saturated carbocycles. The number of fused-ring (bicyclic) bond motifs is 1. The number of ketones is 2. The minimum Gasteiger partial charge on any atom is -0.481 e. The summed E-state index contributed by atoms with van der Waals surface area (Å²) in [6, 6.07) is 0. The highest BCUT2D eigenvalue weighted by Gasteiger charge is 2.67. The van der Waals surface area contributed by atoms with E-state index in [0.29, 0.717) is 48.3 Å². The SMILES string of the molecule is CC1COC2C3=C(CC4C(C(=O)O)CCC5C1CCC245)C(=O)C=CC3=O. The van der Waals surface area contributed by atoms with Gasteiger partial charge in [0.15, 0.2) is 11.6 Å². The molecule has 0 aromatic heterocycles. The van der Waals surface area contributed by atoms with Gasteiger partial charge in [0.05, 0.1) is 18.6 Å². The van der Waals surface area contributed by atoms with E-state index < -0.39 is 18.0 Å². The van der Waals surface area contributed by atoms with Gasteiger partial charge < -0.3 is 9.84 Å². The van der Waals surface area contributed by atoms with E-state index in [2.05, 4.69) is 6.92 Å². The molecule has 0 radical (unpaired) electrons. The van der Waals surface area contributed by atoms with E-state index in [0.717, 1.165) is 19.3 Å². The second-order valence-corrected chi connectivity index (χ2v) is 8.90. The lowest BCUT2D eigenvalue weighted by Gasteiger charge is -2.56. The van der Waals surface area contributed by atoms with Crippen LogP contribution >= 0.6 is 0 Å². The van der Waals surface area contributed by atoms with Gasteiger partial charge in [-0.1, -0.05) is 6.92 Å². The van der Waals surface area contributed by atoms with E-state index in [1.807, 2.05) is 0 Å². The highest BCUT2D eigenvalue weighted by Crippen LogP contribution is 2.68. The van der Waals surface area contributed by atoms with Crippen LogP contribution in [0.25, 0.3) is 0 Å². The summed E-state index contributed by atoms with van der Waals surface area (Å²) in [6.07, 6.45) is 6.26. The molecule has 1 saturated heterocycles. The fourth-order valence-electron chi connectivity index (χ4n) is 7.13. The number of allylic oxidation sites excluding steroid dienone is 3. The lowest BCUT2D eigenvalue weighted by molar-refractivity contribution is -0.159. The molecule has 0 aromatic rings. The smallest absolute Gasteiger partial charge is 0.306 e. The monoisotopic (exact) mass is 356 g/mol. The Morgan fingerprint density at radius 1 is 1.15 bits per heavy atom. The Balaban J connectivity index is 1.73. The van der Waals surface area contributed by atoms with Crippen molar-refractivity contribution in [1.29, 1.82) is 0 Å². The number of hydrogen-bond donors (Lipinski definition) is 1. The summed E-state index contributed by atoms with van der Waals surface area (Å²) in [5.41, 5.74) is 0.763. The molecule has 3 fully saturated rings. The number of rotatable bonds is 1. The number of hydrogen-bond acceptors (Lipinski definition) is 4. The normalized spacial score (nSPS) is 46.7. The standard InChI is InChI=1S/C21H24O5/c1-10-9-26-19-18-13(16(22)4-5-17(18)23)8-15-12(20(24)25)2-3-14-11(10)6-7-21(14,15)19/h4-5,10-12,14-15,19H,2-3,6-9H2,1H3,(H,24,25). The van der Waals surface area contributed by atoms with Crippen molar-refractivity contribution in [2.75, 3.05) is 6.61 Å². The van der Waals surface area contributed by atoms with Crippen molar-refractivity contribution in [3.05, 3.63) is 23.3 Å². The Morgan fingerprint density at radius 2 is 1.92 bits per heavy atom. The van der Waals surface area contributed by atoms with Crippen molar-refractivity contribution in [3.63, 3.8) is 0 Å². The van der Waals surface area contributed by atoms with E-state index in [4.69, 9.17) is 4.74 Å². The van der Waals surface area contributed by atoms with Crippen molar-refractivity contribution in [2.45, 2.75) is 45.1 Å². The van der Waals surface area contributed by atoms with Crippen LogP contribution < -0.4 is 0 Å². The fourth-order valence-corrected chi connectivity index (χ4v) is 7.13. The third-order valence-corrected chi connectivity index (χ3v) is 8.10.